The van der Waals surface area contributed by atoms with Crippen LogP contribution < -0.4 is 34.5 Å². The fourth-order valence-corrected chi connectivity index (χ4v) is 4.77. The molecule has 0 saturated carbocycles. The van der Waals surface area contributed by atoms with E-state index in [9.17, 15) is 0 Å². The van der Waals surface area contributed by atoms with E-state index in [4.69, 9.17) is 24.7 Å². The highest BCUT2D eigenvalue weighted by Gasteiger charge is 2.21. The molecule has 2 N–H and O–H groups in total. The van der Waals surface area contributed by atoms with Gasteiger partial charge >= 0.3 is 24.0 Å². The van der Waals surface area contributed by atoms with E-state index in [1.807, 2.05) is 0 Å². The van der Waals surface area contributed by atoms with E-state index in [1.165, 1.54) is 0 Å². The van der Waals surface area contributed by atoms with Gasteiger partial charge in [-0.1, -0.05) is 39.8 Å². The van der Waals surface area contributed by atoms with Gasteiger partial charge in [-0.05, 0) is 49.9 Å². The smallest absolute Gasteiger partial charge is 0.330 e. The SMILES string of the molecule is CCCN(CCC)c1nc2nc(n1)Oc1cccc(c1CN)Oc1nc(nc(N(CCC)CCC)n1)Oc1cccc(c1)O2. The monoisotopic (exact) mass is 601 g/mol. The standard InChI is InChI=1S/C31H39N9O4/c1-5-15-39(16-6-2)26-33-28-37-30(35-26)43-24-13-10-14-25(23(24)20-32)44-31-36-27(40(17-7-3)18-8-4)34-29(38-31)42-22-12-9-11-21(19-22)41-28/h9-14,19H,5-8,15-18,20,32H2,1-4H3. The van der Waals surface area contributed by atoms with E-state index in [0.29, 0.717) is 40.5 Å². The third-order valence-corrected chi connectivity index (χ3v) is 6.63. The number of rotatable bonds is 11. The number of benzene rings is 2. The zero-order valence-corrected chi connectivity index (χ0v) is 25.7. The van der Waals surface area contributed by atoms with Crippen molar-refractivity contribution < 1.29 is 18.9 Å². The molecular formula is C31H39N9O4. The van der Waals surface area contributed by atoms with Crippen molar-refractivity contribution in [2.75, 3.05) is 36.0 Å². The quantitative estimate of drug-likeness (QED) is 0.182. The van der Waals surface area contributed by atoms with Gasteiger partial charge in [0.15, 0.2) is 0 Å². The molecule has 232 valence electrons. The number of nitrogens with zero attached hydrogens (tertiary/aromatic N) is 8. The van der Waals surface area contributed by atoms with Crippen LogP contribution in [-0.2, 0) is 6.54 Å². The summed E-state index contributed by atoms with van der Waals surface area (Å²) in [7, 11) is 0. The highest BCUT2D eigenvalue weighted by molar-refractivity contribution is 5.48. The third-order valence-electron chi connectivity index (χ3n) is 6.63. The summed E-state index contributed by atoms with van der Waals surface area (Å²) in [5.74, 6) is 2.64. The van der Waals surface area contributed by atoms with Crippen LogP contribution in [0.15, 0.2) is 42.5 Å². The Morgan fingerprint density at radius 1 is 0.545 bits per heavy atom. The van der Waals surface area contributed by atoms with Crippen molar-refractivity contribution in [2.45, 2.75) is 59.9 Å². The number of nitrogens with two attached hydrogens (primary N) is 1. The second-order valence-electron chi connectivity index (χ2n) is 10.2. The van der Waals surface area contributed by atoms with Gasteiger partial charge in [0, 0.05) is 38.8 Å². The van der Waals surface area contributed by atoms with E-state index in [-0.39, 0.29) is 30.6 Å². The lowest BCUT2D eigenvalue weighted by atomic mass is 10.2. The Labute approximate surface area is 257 Å². The van der Waals surface area contributed by atoms with Crippen molar-refractivity contribution >= 4 is 11.9 Å². The van der Waals surface area contributed by atoms with E-state index in [0.717, 1.165) is 51.9 Å². The van der Waals surface area contributed by atoms with Crippen molar-refractivity contribution in [3.8, 4) is 47.0 Å². The molecule has 0 amide bonds. The van der Waals surface area contributed by atoms with E-state index in [1.54, 1.807) is 42.5 Å². The Morgan fingerprint density at radius 3 is 1.32 bits per heavy atom. The van der Waals surface area contributed by atoms with Crippen molar-refractivity contribution in [1.29, 1.82) is 0 Å². The second kappa shape index (κ2) is 14.6. The fourth-order valence-electron chi connectivity index (χ4n) is 4.77. The average molecular weight is 602 g/mol. The van der Waals surface area contributed by atoms with Crippen LogP contribution in [0.4, 0.5) is 11.9 Å². The fraction of sp³-hybridized carbons (Fsp3) is 0.419. The predicted molar refractivity (Wildman–Crippen MR) is 166 cm³/mol. The first kappa shape index (κ1) is 30.7. The molecule has 2 aromatic heterocycles. The van der Waals surface area contributed by atoms with Crippen LogP contribution in [0.2, 0.25) is 0 Å². The van der Waals surface area contributed by atoms with Gasteiger partial charge < -0.3 is 34.5 Å². The number of aromatic nitrogens is 6. The number of ether oxygens (including phenoxy) is 4. The Hall–Kier alpha value is -4.78. The molecular weight excluding hydrogens is 562 g/mol. The minimum absolute atomic E-state index is 0.0630. The van der Waals surface area contributed by atoms with Crippen LogP contribution in [0.25, 0.3) is 0 Å². The van der Waals surface area contributed by atoms with Gasteiger partial charge in [-0.2, -0.15) is 19.9 Å². The van der Waals surface area contributed by atoms with E-state index in [2.05, 4.69) is 67.4 Å². The molecule has 4 aromatic rings. The topological polar surface area (TPSA) is 147 Å². The molecule has 2 aromatic carbocycles. The predicted octanol–water partition coefficient (Wildman–Crippen LogP) is 6.25. The Balaban J connectivity index is 1.65. The largest absolute Gasteiger partial charge is 0.424 e. The maximum absolute atomic E-state index is 6.25. The normalized spacial score (nSPS) is 11.9. The van der Waals surface area contributed by atoms with Gasteiger partial charge in [0.1, 0.15) is 23.0 Å². The van der Waals surface area contributed by atoms with Gasteiger partial charge in [-0.3, -0.25) is 0 Å². The summed E-state index contributed by atoms with van der Waals surface area (Å²) in [6.45, 7) is 11.6. The molecule has 3 heterocycles. The van der Waals surface area contributed by atoms with Crippen molar-refractivity contribution in [3.63, 3.8) is 0 Å². The number of hydrogen-bond donors (Lipinski definition) is 1. The molecule has 0 unspecified atom stereocenters. The van der Waals surface area contributed by atoms with Crippen molar-refractivity contribution in [3.05, 3.63) is 48.0 Å². The summed E-state index contributed by atoms with van der Waals surface area (Å²) in [5, 5.41) is 0. The first-order valence-corrected chi connectivity index (χ1v) is 15.2. The first-order chi connectivity index (χ1) is 21.5. The van der Waals surface area contributed by atoms with Crippen LogP contribution in [0, 0.1) is 0 Å². The van der Waals surface area contributed by atoms with Gasteiger partial charge in [-0.15, -0.1) is 9.97 Å². The molecule has 0 spiro atoms. The minimum atomic E-state index is 0.0630. The second-order valence-corrected chi connectivity index (χ2v) is 10.2. The molecule has 44 heavy (non-hydrogen) atoms. The molecule has 1 aliphatic rings. The molecule has 0 fully saturated rings. The van der Waals surface area contributed by atoms with Crippen molar-refractivity contribution in [2.24, 2.45) is 5.73 Å². The summed E-state index contributed by atoms with van der Waals surface area (Å²) in [4.78, 5) is 31.7. The number of fused-ring (bicyclic) bond motifs is 8. The zero-order chi connectivity index (χ0) is 30.9. The van der Waals surface area contributed by atoms with Crippen LogP contribution in [0.3, 0.4) is 0 Å². The van der Waals surface area contributed by atoms with Gasteiger partial charge in [0.05, 0.1) is 5.56 Å². The first-order valence-electron chi connectivity index (χ1n) is 15.2. The molecule has 5 rings (SSSR count). The van der Waals surface area contributed by atoms with Crippen LogP contribution >= 0.6 is 0 Å². The lowest BCUT2D eigenvalue weighted by Crippen LogP contribution is -2.27. The summed E-state index contributed by atoms with van der Waals surface area (Å²) < 4.78 is 24.8. The van der Waals surface area contributed by atoms with Gasteiger partial charge in [-0.25, -0.2) is 0 Å². The third kappa shape index (κ3) is 7.40. The lowest BCUT2D eigenvalue weighted by molar-refractivity contribution is 0.376. The molecule has 0 radical (unpaired) electrons. The highest BCUT2D eigenvalue weighted by atomic mass is 16.5. The Morgan fingerprint density at radius 2 is 0.932 bits per heavy atom. The number of hydrogen-bond acceptors (Lipinski definition) is 13. The highest BCUT2D eigenvalue weighted by Crippen LogP contribution is 2.35. The molecule has 0 aliphatic carbocycles. The summed E-state index contributed by atoms with van der Waals surface area (Å²) >= 11 is 0. The van der Waals surface area contributed by atoms with Crippen LogP contribution in [-0.4, -0.2) is 56.1 Å². The molecule has 8 bridgehead atoms. The van der Waals surface area contributed by atoms with Crippen molar-refractivity contribution in [1.82, 2.24) is 29.9 Å². The Kier molecular flexibility index (Phi) is 10.2. The van der Waals surface area contributed by atoms with Crippen LogP contribution in [0.5, 0.6) is 47.0 Å². The van der Waals surface area contributed by atoms with E-state index < -0.39 is 0 Å². The van der Waals surface area contributed by atoms with Crippen LogP contribution in [0.1, 0.15) is 58.9 Å². The maximum Gasteiger partial charge on any atom is 0.330 e. The summed E-state index contributed by atoms with van der Waals surface area (Å²) in [5.41, 5.74) is 6.80. The lowest BCUT2D eigenvalue weighted by Gasteiger charge is -2.22. The van der Waals surface area contributed by atoms with E-state index >= 15 is 0 Å². The molecule has 13 heteroatoms. The molecule has 0 saturated heterocycles. The minimum Gasteiger partial charge on any atom is -0.424 e. The summed E-state index contributed by atoms with van der Waals surface area (Å²) in [6, 6.07) is 12.7. The summed E-state index contributed by atoms with van der Waals surface area (Å²) in [6.07, 6.45) is 3.67. The molecule has 13 nitrogen and oxygen atoms in total. The maximum atomic E-state index is 6.25. The molecule has 0 atom stereocenters. The number of anilines is 2. The molecule has 1 aliphatic heterocycles. The zero-order valence-electron chi connectivity index (χ0n) is 25.7. The van der Waals surface area contributed by atoms with Gasteiger partial charge in [0.25, 0.3) is 0 Å². The average Bonchev–Trinajstić information content (AvgIpc) is 3.00. The van der Waals surface area contributed by atoms with Gasteiger partial charge in [0.2, 0.25) is 11.9 Å². The Bertz CT molecular complexity index is 1440.